The van der Waals surface area contributed by atoms with Crippen molar-refractivity contribution in [3.05, 3.63) is 224 Å². The summed E-state index contributed by atoms with van der Waals surface area (Å²) in [6, 6.07) is 81.5. The second-order valence-electron chi connectivity index (χ2n) is 14.2. The quantitative estimate of drug-likeness (QED) is 0.160. The van der Waals surface area contributed by atoms with Gasteiger partial charge in [0, 0.05) is 17.1 Å². The number of rotatable bonds is 7. The summed E-state index contributed by atoms with van der Waals surface area (Å²) in [5.74, 6) is 0. The summed E-state index contributed by atoms with van der Waals surface area (Å²) in [5.41, 5.74) is 12.9. The molecule has 0 atom stereocenters. The molecule has 0 aliphatic heterocycles. The Hall–Kier alpha value is -7.22. The molecule has 0 radical (unpaired) electrons. The van der Waals surface area contributed by atoms with E-state index < -0.39 is 0 Å². The van der Waals surface area contributed by atoms with Gasteiger partial charge in [-0.15, -0.1) is 0 Å². The maximum atomic E-state index is 2.38. The highest BCUT2D eigenvalue weighted by atomic mass is 15.1. The van der Waals surface area contributed by atoms with Crippen molar-refractivity contribution in [2.24, 2.45) is 0 Å². The van der Waals surface area contributed by atoms with Crippen LogP contribution in [0, 0.1) is 0 Å². The molecular weight excluding hydrogens is 663 g/mol. The molecule has 0 aromatic heterocycles. The topological polar surface area (TPSA) is 3.24 Å². The standard InChI is InChI=1S/C54H37N/c1-3-13-44-34-47(28-26-38(44)10-1)42-24-22-40(23-25-42)41-30-32-50(33-31-41)55(51-18-7-16-46(36-51)48-29-27-39-11-2-4-14-45(39)35-48)52-19-8-17-49(37-52)54-21-9-15-43-12-5-6-20-53(43)54/h1-37H. The summed E-state index contributed by atoms with van der Waals surface area (Å²) < 4.78 is 0. The van der Waals surface area contributed by atoms with E-state index in [1.165, 1.54) is 76.8 Å². The molecule has 0 amide bonds. The highest BCUT2D eigenvalue weighted by molar-refractivity contribution is 5.98. The minimum Gasteiger partial charge on any atom is -0.310 e. The van der Waals surface area contributed by atoms with Crippen LogP contribution >= 0.6 is 0 Å². The van der Waals surface area contributed by atoms with Crippen molar-refractivity contribution in [1.29, 1.82) is 0 Å². The minimum atomic E-state index is 1.10. The average molecular weight is 700 g/mol. The summed E-state index contributed by atoms with van der Waals surface area (Å²) in [5, 5.41) is 7.50. The van der Waals surface area contributed by atoms with Crippen LogP contribution in [0.15, 0.2) is 224 Å². The molecule has 0 bridgehead atoms. The lowest BCUT2D eigenvalue weighted by Crippen LogP contribution is -2.10. The van der Waals surface area contributed by atoms with Crippen LogP contribution in [0.2, 0.25) is 0 Å². The van der Waals surface area contributed by atoms with Gasteiger partial charge in [0.05, 0.1) is 0 Å². The van der Waals surface area contributed by atoms with Gasteiger partial charge < -0.3 is 4.90 Å². The summed E-state index contributed by atoms with van der Waals surface area (Å²) in [6.07, 6.45) is 0. The van der Waals surface area contributed by atoms with Crippen LogP contribution in [0.3, 0.4) is 0 Å². The van der Waals surface area contributed by atoms with Crippen LogP contribution in [0.1, 0.15) is 0 Å². The molecule has 1 heteroatoms. The Kier molecular flexibility index (Phi) is 8.24. The first kappa shape index (κ1) is 32.4. The predicted molar refractivity (Wildman–Crippen MR) is 235 cm³/mol. The van der Waals surface area contributed by atoms with E-state index in [1.807, 2.05) is 0 Å². The van der Waals surface area contributed by atoms with Gasteiger partial charge >= 0.3 is 0 Å². The highest BCUT2D eigenvalue weighted by Crippen LogP contribution is 2.40. The Balaban J connectivity index is 1.04. The average Bonchev–Trinajstić information content (AvgIpc) is 3.26. The van der Waals surface area contributed by atoms with Gasteiger partial charge in [0.15, 0.2) is 0 Å². The lowest BCUT2D eigenvalue weighted by Gasteiger charge is -2.27. The Morgan fingerprint density at radius 3 is 1.27 bits per heavy atom. The largest absolute Gasteiger partial charge is 0.310 e. The fourth-order valence-corrected chi connectivity index (χ4v) is 7.96. The Bertz CT molecular complexity index is 2970. The van der Waals surface area contributed by atoms with Crippen LogP contribution in [0.4, 0.5) is 17.1 Å². The van der Waals surface area contributed by atoms with E-state index in [9.17, 15) is 0 Å². The third-order valence-corrected chi connectivity index (χ3v) is 10.8. The zero-order valence-corrected chi connectivity index (χ0v) is 30.3. The molecule has 55 heavy (non-hydrogen) atoms. The Morgan fingerprint density at radius 1 is 0.218 bits per heavy atom. The molecule has 0 heterocycles. The molecule has 0 saturated carbocycles. The minimum absolute atomic E-state index is 1.10. The van der Waals surface area contributed by atoms with Crippen LogP contribution in [-0.2, 0) is 0 Å². The van der Waals surface area contributed by atoms with E-state index in [1.54, 1.807) is 0 Å². The maximum absolute atomic E-state index is 2.38. The normalized spacial score (nSPS) is 11.3. The van der Waals surface area contributed by atoms with Crippen molar-refractivity contribution in [2.75, 3.05) is 4.90 Å². The van der Waals surface area contributed by atoms with Crippen molar-refractivity contribution >= 4 is 49.4 Å². The van der Waals surface area contributed by atoms with Crippen molar-refractivity contribution in [3.8, 4) is 44.5 Å². The summed E-state index contributed by atoms with van der Waals surface area (Å²) >= 11 is 0. The number of anilines is 3. The smallest absolute Gasteiger partial charge is 0.0467 e. The van der Waals surface area contributed by atoms with Crippen LogP contribution in [0.5, 0.6) is 0 Å². The molecule has 0 spiro atoms. The lowest BCUT2D eigenvalue weighted by molar-refractivity contribution is 1.28. The number of hydrogen-bond donors (Lipinski definition) is 0. The molecular formula is C54H37N. The number of nitrogens with zero attached hydrogens (tertiary/aromatic N) is 1. The third kappa shape index (κ3) is 6.33. The van der Waals surface area contributed by atoms with Crippen molar-refractivity contribution in [2.45, 2.75) is 0 Å². The molecule has 10 aromatic carbocycles. The zero-order chi connectivity index (χ0) is 36.6. The Morgan fingerprint density at radius 2 is 0.636 bits per heavy atom. The summed E-state index contributed by atoms with van der Waals surface area (Å²) in [7, 11) is 0. The van der Waals surface area contributed by atoms with Gasteiger partial charge in [0.1, 0.15) is 0 Å². The van der Waals surface area contributed by atoms with E-state index in [0.717, 1.165) is 17.1 Å². The van der Waals surface area contributed by atoms with Gasteiger partial charge in [-0.1, -0.05) is 176 Å². The van der Waals surface area contributed by atoms with E-state index >= 15 is 0 Å². The van der Waals surface area contributed by atoms with Crippen molar-refractivity contribution in [3.63, 3.8) is 0 Å². The van der Waals surface area contributed by atoms with Crippen molar-refractivity contribution < 1.29 is 0 Å². The van der Waals surface area contributed by atoms with Crippen molar-refractivity contribution in [1.82, 2.24) is 0 Å². The van der Waals surface area contributed by atoms with E-state index in [4.69, 9.17) is 0 Å². The first-order chi connectivity index (χ1) is 27.2. The molecule has 0 aliphatic rings. The molecule has 0 fully saturated rings. The van der Waals surface area contributed by atoms with Crippen LogP contribution < -0.4 is 4.90 Å². The van der Waals surface area contributed by atoms with Gasteiger partial charge in [-0.3, -0.25) is 0 Å². The van der Waals surface area contributed by atoms with Gasteiger partial charge in [0.25, 0.3) is 0 Å². The second-order valence-corrected chi connectivity index (χ2v) is 14.2. The van der Waals surface area contributed by atoms with E-state index in [0.29, 0.717) is 0 Å². The van der Waals surface area contributed by atoms with E-state index in [2.05, 4.69) is 229 Å². The maximum Gasteiger partial charge on any atom is 0.0467 e. The van der Waals surface area contributed by atoms with Gasteiger partial charge in [-0.05, 0) is 125 Å². The molecule has 10 aromatic rings. The monoisotopic (exact) mass is 699 g/mol. The molecule has 258 valence electrons. The SMILES string of the molecule is c1cc(-c2ccc3ccccc3c2)cc(N(c2ccc(-c3ccc(-c4ccc5ccccc5c4)cc3)cc2)c2cccc(-c3cccc4ccccc34)c2)c1. The summed E-state index contributed by atoms with van der Waals surface area (Å²) in [6.45, 7) is 0. The number of fused-ring (bicyclic) bond motifs is 3. The molecule has 1 nitrogen and oxygen atoms in total. The fraction of sp³-hybridized carbons (Fsp3) is 0. The van der Waals surface area contributed by atoms with Gasteiger partial charge in [0.2, 0.25) is 0 Å². The highest BCUT2D eigenvalue weighted by Gasteiger charge is 2.16. The molecule has 10 rings (SSSR count). The number of hydrogen-bond acceptors (Lipinski definition) is 1. The Labute approximate surface area is 322 Å². The molecule has 0 unspecified atom stereocenters. The first-order valence-corrected chi connectivity index (χ1v) is 18.9. The van der Waals surface area contributed by atoms with Crippen LogP contribution in [-0.4, -0.2) is 0 Å². The molecule has 0 saturated heterocycles. The van der Waals surface area contributed by atoms with Gasteiger partial charge in [-0.25, -0.2) is 0 Å². The van der Waals surface area contributed by atoms with Gasteiger partial charge in [-0.2, -0.15) is 0 Å². The summed E-state index contributed by atoms with van der Waals surface area (Å²) in [4.78, 5) is 2.38. The zero-order valence-electron chi connectivity index (χ0n) is 30.3. The van der Waals surface area contributed by atoms with Crippen LogP contribution in [0.25, 0.3) is 76.8 Å². The predicted octanol–water partition coefficient (Wildman–Crippen LogP) is 15.3. The fourth-order valence-electron chi connectivity index (χ4n) is 7.96. The first-order valence-electron chi connectivity index (χ1n) is 18.9. The molecule has 0 aliphatic carbocycles. The second kappa shape index (κ2) is 14.0. The van der Waals surface area contributed by atoms with E-state index in [-0.39, 0.29) is 0 Å². The third-order valence-electron chi connectivity index (χ3n) is 10.8. The molecule has 0 N–H and O–H groups in total. The number of benzene rings is 10. The lowest BCUT2D eigenvalue weighted by atomic mass is 9.97.